The fourth-order valence-electron chi connectivity index (χ4n) is 4.67. The molecule has 2 N–H and O–H groups in total. The molecule has 12 nitrogen and oxygen atoms in total. The minimum atomic E-state index is -0.822. The molecule has 1 saturated carbocycles. The molecule has 266 valence electrons. The number of hydroxylamine groups is 1. The second-order valence-corrected chi connectivity index (χ2v) is 11.7. The van der Waals surface area contributed by atoms with Crippen molar-refractivity contribution in [3.05, 3.63) is 71.3 Å². The van der Waals surface area contributed by atoms with Crippen molar-refractivity contribution in [2.75, 3.05) is 86.3 Å². The summed E-state index contributed by atoms with van der Waals surface area (Å²) in [6.45, 7) is 4.45. The van der Waals surface area contributed by atoms with Crippen molar-refractivity contribution in [1.82, 2.24) is 10.8 Å². The smallest absolute Gasteiger partial charge is 0.340 e. The first kappa shape index (κ1) is 39.1. The van der Waals surface area contributed by atoms with Crippen molar-refractivity contribution in [2.45, 2.75) is 44.9 Å². The summed E-state index contributed by atoms with van der Waals surface area (Å²) < 4.78 is 31.8. The number of benzene rings is 2. The first-order chi connectivity index (χ1) is 23.5. The van der Waals surface area contributed by atoms with E-state index in [9.17, 15) is 14.4 Å². The molecule has 2 amide bonds. The molecule has 1 fully saturated rings. The van der Waals surface area contributed by atoms with Gasteiger partial charge in [0.25, 0.3) is 5.91 Å². The Morgan fingerprint density at radius 3 is 1.67 bits per heavy atom. The van der Waals surface area contributed by atoms with Crippen LogP contribution in [0.25, 0.3) is 0 Å². The monoisotopic (exact) mass is 672 g/mol. The number of hydrogen-bond donors (Lipinski definition) is 2. The molecular weight excluding hydrogens is 620 g/mol. The summed E-state index contributed by atoms with van der Waals surface area (Å²) in [5.41, 5.74) is 4.85. The Labute approximate surface area is 284 Å². The number of unbranched alkanes of at least 4 members (excludes halogenated alkanes) is 1. The summed E-state index contributed by atoms with van der Waals surface area (Å²) in [7, 11) is 1.63. The van der Waals surface area contributed by atoms with E-state index in [1.165, 1.54) is 11.1 Å². The lowest BCUT2D eigenvalue weighted by atomic mass is 10.0. The zero-order valence-corrected chi connectivity index (χ0v) is 28.2. The lowest BCUT2D eigenvalue weighted by Crippen LogP contribution is -2.39. The lowest BCUT2D eigenvalue weighted by molar-refractivity contribution is -0.163. The van der Waals surface area contributed by atoms with Crippen molar-refractivity contribution >= 4 is 17.8 Å². The normalized spacial score (nSPS) is 13.2. The Balaban J connectivity index is 1.14. The van der Waals surface area contributed by atoms with Crippen molar-refractivity contribution < 1.29 is 47.6 Å². The highest BCUT2D eigenvalue weighted by Gasteiger charge is 2.52. The third kappa shape index (κ3) is 17.1. The number of aryl methyl sites for hydroxylation is 2. The number of amides is 2. The van der Waals surface area contributed by atoms with E-state index in [2.05, 4.69) is 35.1 Å². The molecule has 12 heteroatoms. The highest BCUT2D eigenvalue weighted by atomic mass is 16.7. The van der Waals surface area contributed by atoms with Crippen LogP contribution in [-0.2, 0) is 66.9 Å². The minimum Gasteiger partial charge on any atom is -0.382 e. The van der Waals surface area contributed by atoms with Crippen LogP contribution >= 0.6 is 0 Å². The van der Waals surface area contributed by atoms with Crippen LogP contribution in [0.4, 0.5) is 0 Å². The van der Waals surface area contributed by atoms with Crippen LogP contribution in [-0.4, -0.2) is 104 Å². The summed E-state index contributed by atoms with van der Waals surface area (Å²) in [6, 6.07) is 18.4. The SMILES string of the molecule is COCCOCCOCCOCCOCCOCC(=O)NCC1(C(=O)ONC(=O)Cc2ccc(CCCCc3ccccc3)cc2)CC1. The number of rotatable bonds is 27. The van der Waals surface area contributed by atoms with Crippen LogP contribution in [0.5, 0.6) is 0 Å². The molecule has 1 aliphatic carbocycles. The topological polar surface area (TPSA) is 140 Å². The predicted molar refractivity (Wildman–Crippen MR) is 178 cm³/mol. The van der Waals surface area contributed by atoms with Crippen LogP contribution in [0.1, 0.15) is 42.4 Å². The van der Waals surface area contributed by atoms with Crippen LogP contribution in [0, 0.1) is 5.41 Å². The molecule has 0 aromatic heterocycles. The number of methoxy groups -OCH3 is 1. The maximum atomic E-state index is 12.6. The van der Waals surface area contributed by atoms with Crippen molar-refractivity contribution in [1.29, 1.82) is 0 Å². The van der Waals surface area contributed by atoms with E-state index in [1.807, 2.05) is 30.3 Å². The van der Waals surface area contributed by atoms with E-state index >= 15 is 0 Å². The van der Waals surface area contributed by atoms with Gasteiger partial charge in [-0.15, -0.1) is 0 Å². The second kappa shape index (κ2) is 23.9. The number of carbonyl (C=O) groups is 3. The van der Waals surface area contributed by atoms with Crippen molar-refractivity contribution in [3.8, 4) is 0 Å². The fourth-order valence-corrected chi connectivity index (χ4v) is 4.67. The molecule has 1 aliphatic rings. The highest BCUT2D eigenvalue weighted by Crippen LogP contribution is 2.46. The summed E-state index contributed by atoms with van der Waals surface area (Å²) in [5.74, 6) is -1.31. The van der Waals surface area contributed by atoms with Crippen molar-refractivity contribution in [3.63, 3.8) is 0 Å². The Bertz CT molecular complexity index is 1180. The van der Waals surface area contributed by atoms with Gasteiger partial charge in [-0.2, -0.15) is 5.48 Å². The molecule has 0 saturated heterocycles. The Morgan fingerprint density at radius 2 is 1.12 bits per heavy atom. The van der Waals surface area contributed by atoms with E-state index in [0.29, 0.717) is 72.3 Å². The number of carbonyl (C=O) groups excluding carboxylic acids is 3. The predicted octanol–water partition coefficient (Wildman–Crippen LogP) is 2.99. The number of hydrogen-bond acceptors (Lipinski definition) is 10. The van der Waals surface area contributed by atoms with Gasteiger partial charge in [-0.05, 0) is 55.2 Å². The second-order valence-electron chi connectivity index (χ2n) is 11.7. The van der Waals surface area contributed by atoms with E-state index in [-0.39, 0.29) is 32.1 Å². The van der Waals surface area contributed by atoms with Crippen LogP contribution in [0.15, 0.2) is 54.6 Å². The highest BCUT2D eigenvalue weighted by molar-refractivity contribution is 5.84. The molecule has 0 unspecified atom stereocenters. The van der Waals surface area contributed by atoms with E-state index < -0.39 is 17.3 Å². The van der Waals surface area contributed by atoms with Gasteiger partial charge in [0.1, 0.15) is 6.61 Å². The van der Waals surface area contributed by atoms with E-state index in [4.69, 9.17) is 33.3 Å². The average Bonchev–Trinajstić information content (AvgIpc) is 3.90. The molecule has 0 bridgehead atoms. The van der Waals surface area contributed by atoms with E-state index in [1.54, 1.807) is 7.11 Å². The molecular formula is C36H52N2O10. The summed E-state index contributed by atoms with van der Waals surface area (Å²) in [4.78, 5) is 42.3. The minimum absolute atomic E-state index is 0.0981. The Morgan fingerprint density at radius 1 is 0.625 bits per heavy atom. The third-order valence-electron chi connectivity index (χ3n) is 7.73. The Kier molecular flexibility index (Phi) is 19.4. The largest absolute Gasteiger partial charge is 0.382 e. The first-order valence-corrected chi connectivity index (χ1v) is 16.8. The van der Waals surface area contributed by atoms with Gasteiger partial charge in [0.2, 0.25) is 5.91 Å². The molecule has 2 aromatic rings. The summed E-state index contributed by atoms with van der Waals surface area (Å²) in [5, 5.41) is 2.71. The van der Waals surface area contributed by atoms with Crippen molar-refractivity contribution in [2.24, 2.45) is 5.41 Å². The zero-order valence-electron chi connectivity index (χ0n) is 28.2. The number of ether oxygens (including phenoxy) is 6. The average molecular weight is 673 g/mol. The third-order valence-corrected chi connectivity index (χ3v) is 7.73. The molecule has 0 heterocycles. The van der Waals surface area contributed by atoms with Gasteiger partial charge in [-0.3, -0.25) is 9.59 Å². The molecule has 0 spiro atoms. The van der Waals surface area contributed by atoms with Gasteiger partial charge in [-0.25, -0.2) is 4.79 Å². The molecule has 48 heavy (non-hydrogen) atoms. The van der Waals surface area contributed by atoms with Gasteiger partial charge in [-0.1, -0.05) is 54.6 Å². The molecule has 0 aliphatic heterocycles. The van der Waals surface area contributed by atoms with Crippen LogP contribution in [0.3, 0.4) is 0 Å². The molecule has 3 rings (SSSR count). The lowest BCUT2D eigenvalue weighted by Gasteiger charge is -2.15. The molecule has 0 atom stereocenters. The van der Waals surface area contributed by atoms with Crippen LogP contribution in [0.2, 0.25) is 0 Å². The maximum Gasteiger partial charge on any atom is 0.340 e. The van der Waals surface area contributed by atoms with Gasteiger partial charge in [0, 0.05) is 13.7 Å². The molecule has 2 aromatic carbocycles. The zero-order chi connectivity index (χ0) is 34.1. The van der Waals surface area contributed by atoms with Gasteiger partial charge < -0.3 is 38.6 Å². The molecule has 0 radical (unpaired) electrons. The van der Waals surface area contributed by atoms with Gasteiger partial charge in [0.15, 0.2) is 0 Å². The first-order valence-electron chi connectivity index (χ1n) is 16.8. The fraction of sp³-hybridized carbons (Fsp3) is 0.583. The summed E-state index contributed by atoms with van der Waals surface area (Å²) >= 11 is 0. The van der Waals surface area contributed by atoms with Crippen LogP contribution < -0.4 is 10.8 Å². The summed E-state index contributed by atoms with van der Waals surface area (Å²) in [6.07, 6.45) is 5.51. The van der Waals surface area contributed by atoms with Gasteiger partial charge in [0.05, 0.1) is 77.9 Å². The maximum absolute atomic E-state index is 12.6. The van der Waals surface area contributed by atoms with Gasteiger partial charge >= 0.3 is 5.97 Å². The quantitative estimate of drug-likeness (QED) is 0.108. The number of nitrogens with one attached hydrogen (secondary N) is 2. The van der Waals surface area contributed by atoms with E-state index in [0.717, 1.165) is 31.2 Å². The standard InChI is InChI=1S/C36H52N2O10/c1-42-17-18-43-19-20-44-21-22-45-23-24-46-25-26-47-28-34(40)37-29-36(15-16-36)35(41)48-38-33(39)27-32-13-11-31(12-14-32)10-6-5-9-30-7-3-2-4-8-30/h2-4,7-8,11-14H,5-6,9-10,15-29H2,1H3,(H,37,40)(H,38,39). The Hall–Kier alpha value is -3.39.